The molecular formula is C13H26N2. The molecule has 2 nitrogen and oxygen atoms in total. The summed E-state index contributed by atoms with van der Waals surface area (Å²) in [6, 6.07) is 1.51. The van der Waals surface area contributed by atoms with Crippen molar-refractivity contribution in [3.05, 3.63) is 0 Å². The van der Waals surface area contributed by atoms with E-state index >= 15 is 0 Å². The van der Waals surface area contributed by atoms with Gasteiger partial charge in [0, 0.05) is 30.7 Å². The predicted molar refractivity (Wildman–Crippen MR) is 65.1 cm³/mol. The van der Waals surface area contributed by atoms with Crippen LogP contribution in [0.3, 0.4) is 0 Å². The monoisotopic (exact) mass is 210 g/mol. The number of nitrogens with one attached hydrogen (secondary N) is 1. The molecule has 0 spiro atoms. The molecule has 1 heterocycles. The Balaban J connectivity index is 2.01. The molecule has 2 heteroatoms. The fourth-order valence-corrected chi connectivity index (χ4v) is 2.76. The van der Waals surface area contributed by atoms with Crippen molar-refractivity contribution in [3.63, 3.8) is 0 Å². The van der Waals surface area contributed by atoms with Crippen LogP contribution >= 0.6 is 0 Å². The Labute approximate surface area is 94.4 Å². The summed E-state index contributed by atoms with van der Waals surface area (Å²) < 4.78 is 0. The van der Waals surface area contributed by atoms with Gasteiger partial charge in [-0.15, -0.1) is 0 Å². The van der Waals surface area contributed by atoms with Crippen molar-refractivity contribution in [1.29, 1.82) is 0 Å². The number of piperazine rings is 1. The van der Waals surface area contributed by atoms with Crippen molar-refractivity contribution < 1.29 is 0 Å². The highest BCUT2D eigenvalue weighted by Gasteiger charge is 2.39. The van der Waals surface area contributed by atoms with Crippen LogP contribution in [0.5, 0.6) is 0 Å². The highest BCUT2D eigenvalue weighted by Crippen LogP contribution is 2.37. The minimum Gasteiger partial charge on any atom is -0.309 e. The van der Waals surface area contributed by atoms with Gasteiger partial charge in [0.25, 0.3) is 0 Å². The fourth-order valence-electron chi connectivity index (χ4n) is 2.76. The van der Waals surface area contributed by atoms with Crippen LogP contribution in [0.1, 0.15) is 47.0 Å². The lowest BCUT2D eigenvalue weighted by molar-refractivity contribution is 0.0519. The maximum atomic E-state index is 3.70. The van der Waals surface area contributed by atoms with Crippen molar-refractivity contribution in [1.82, 2.24) is 10.2 Å². The molecule has 0 aromatic carbocycles. The summed E-state index contributed by atoms with van der Waals surface area (Å²) >= 11 is 0. The largest absolute Gasteiger partial charge is 0.309 e. The Morgan fingerprint density at radius 2 is 2.13 bits per heavy atom. The van der Waals surface area contributed by atoms with Gasteiger partial charge in [-0.2, -0.15) is 0 Å². The summed E-state index contributed by atoms with van der Waals surface area (Å²) in [7, 11) is 0. The van der Waals surface area contributed by atoms with Gasteiger partial charge in [0.2, 0.25) is 0 Å². The number of hydrogen-bond donors (Lipinski definition) is 1. The summed E-state index contributed by atoms with van der Waals surface area (Å²) in [5, 5.41) is 3.70. The van der Waals surface area contributed by atoms with Gasteiger partial charge in [-0.3, -0.25) is 4.90 Å². The van der Waals surface area contributed by atoms with Crippen LogP contribution in [0.4, 0.5) is 0 Å². The lowest BCUT2D eigenvalue weighted by atomic mass is 9.92. The SMILES string of the molecule is CCC1(C)CN(C(C)C2CC2)C(C)CN1. The van der Waals surface area contributed by atoms with E-state index in [0.29, 0.717) is 11.6 Å². The van der Waals surface area contributed by atoms with Gasteiger partial charge >= 0.3 is 0 Å². The smallest absolute Gasteiger partial charge is 0.0278 e. The lowest BCUT2D eigenvalue weighted by Crippen LogP contribution is -2.64. The van der Waals surface area contributed by atoms with E-state index in [-0.39, 0.29) is 0 Å². The first-order chi connectivity index (χ1) is 7.06. The van der Waals surface area contributed by atoms with Gasteiger partial charge in [-0.25, -0.2) is 0 Å². The van der Waals surface area contributed by atoms with Crippen LogP contribution in [-0.2, 0) is 0 Å². The van der Waals surface area contributed by atoms with Gasteiger partial charge in [0.1, 0.15) is 0 Å². The van der Waals surface area contributed by atoms with Crippen molar-refractivity contribution in [2.75, 3.05) is 13.1 Å². The number of nitrogens with zero attached hydrogens (tertiary/aromatic N) is 1. The summed E-state index contributed by atoms with van der Waals surface area (Å²) in [6.07, 6.45) is 4.15. The van der Waals surface area contributed by atoms with E-state index in [0.717, 1.165) is 18.5 Å². The molecule has 0 bridgehead atoms. The van der Waals surface area contributed by atoms with Crippen LogP contribution in [-0.4, -0.2) is 35.6 Å². The van der Waals surface area contributed by atoms with Crippen LogP contribution in [0.25, 0.3) is 0 Å². The van der Waals surface area contributed by atoms with Crippen molar-refractivity contribution in [2.24, 2.45) is 5.92 Å². The molecule has 1 saturated heterocycles. The summed E-state index contributed by atoms with van der Waals surface area (Å²) in [5.74, 6) is 0.992. The highest BCUT2D eigenvalue weighted by molar-refractivity contribution is 4.97. The Morgan fingerprint density at radius 1 is 1.47 bits per heavy atom. The summed E-state index contributed by atoms with van der Waals surface area (Å²) in [5.41, 5.74) is 0.343. The minimum atomic E-state index is 0.343. The molecule has 88 valence electrons. The highest BCUT2D eigenvalue weighted by atomic mass is 15.3. The predicted octanol–water partition coefficient (Wildman–Crippen LogP) is 2.25. The Morgan fingerprint density at radius 3 is 2.67 bits per heavy atom. The second-order valence-electron chi connectivity index (χ2n) is 5.89. The average Bonchev–Trinajstić information content (AvgIpc) is 3.05. The first-order valence-corrected chi connectivity index (χ1v) is 6.56. The third-order valence-electron chi connectivity index (χ3n) is 4.53. The topological polar surface area (TPSA) is 15.3 Å². The van der Waals surface area contributed by atoms with E-state index in [1.165, 1.54) is 25.8 Å². The zero-order valence-corrected chi connectivity index (χ0v) is 10.7. The van der Waals surface area contributed by atoms with E-state index in [9.17, 15) is 0 Å². The van der Waals surface area contributed by atoms with E-state index in [4.69, 9.17) is 0 Å². The van der Waals surface area contributed by atoms with Crippen molar-refractivity contribution >= 4 is 0 Å². The molecular weight excluding hydrogens is 184 g/mol. The molecule has 3 unspecified atom stereocenters. The van der Waals surface area contributed by atoms with Crippen LogP contribution in [0.2, 0.25) is 0 Å². The average molecular weight is 210 g/mol. The zero-order chi connectivity index (χ0) is 11.1. The van der Waals surface area contributed by atoms with Gasteiger partial charge in [-0.05, 0) is 46.0 Å². The van der Waals surface area contributed by atoms with Gasteiger partial charge in [-0.1, -0.05) is 6.92 Å². The van der Waals surface area contributed by atoms with Gasteiger partial charge in [0.05, 0.1) is 0 Å². The molecule has 0 aromatic heterocycles. The molecule has 2 aliphatic rings. The van der Waals surface area contributed by atoms with E-state index < -0.39 is 0 Å². The molecule has 1 N–H and O–H groups in total. The Kier molecular flexibility index (Phi) is 3.09. The molecule has 2 rings (SSSR count). The standard InChI is InChI=1S/C13H26N2/c1-5-13(4)9-15(10(2)8-14-13)11(3)12-6-7-12/h10-12,14H,5-9H2,1-4H3. The molecule has 0 aromatic rings. The first-order valence-electron chi connectivity index (χ1n) is 6.56. The molecule has 15 heavy (non-hydrogen) atoms. The van der Waals surface area contributed by atoms with Crippen LogP contribution < -0.4 is 5.32 Å². The second-order valence-corrected chi connectivity index (χ2v) is 5.89. The van der Waals surface area contributed by atoms with E-state index in [1.54, 1.807) is 0 Å². The van der Waals surface area contributed by atoms with Crippen LogP contribution in [0, 0.1) is 5.92 Å². The minimum absolute atomic E-state index is 0.343. The first kappa shape index (κ1) is 11.4. The third-order valence-corrected chi connectivity index (χ3v) is 4.53. The number of rotatable bonds is 3. The zero-order valence-electron chi connectivity index (χ0n) is 10.7. The van der Waals surface area contributed by atoms with Gasteiger partial charge < -0.3 is 5.32 Å². The summed E-state index contributed by atoms with van der Waals surface area (Å²) in [6.45, 7) is 11.8. The Hall–Kier alpha value is -0.0800. The lowest BCUT2D eigenvalue weighted by Gasteiger charge is -2.47. The number of hydrogen-bond acceptors (Lipinski definition) is 2. The van der Waals surface area contributed by atoms with E-state index in [1.807, 2.05) is 0 Å². The Bertz CT molecular complexity index is 225. The molecule has 3 atom stereocenters. The van der Waals surface area contributed by atoms with Gasteiger partial charge in [0.15, 0.2) is 0 Å². The maximum Gasteiger partial charge on any atom is 0.0278 e. The molecule has 1 aliphatic heterocycles. The maximum absolute atomic E-state index is 3.70. The van der Waals surface area contributed by atoms with Crippen molar-refractivity contribution in [2.45, 2.75) is 64.6 Å². The molecule has 1 saturated carbocycles. The molecule has 0 radical (unpaired) electrons. The molecule has 0 amide bonds. The molecule has 2 fully saturated rings. The molecule has 1 aliphatic carbocycles. The fraction of sp³-hybridized carbons (Fsp3) is 1.00. The summed E-state index contributed by atoms with van der Waals surface area (Å²) in [4.78, 5) is 2.73. The van der Waals surface area contributed by atoms with Crippen LogP contribution in [0.15, 0.2) is 0 Å². The quantitative estimate of drug-likeness (QED) is 0.768. The normalized spacial score (nSPS) is 40.4. The van der Waals surface area contributed by atoms with E-state index in [2.05, 4.69) is 37.9 Å². The van der Waals surface area contributed by atoms with Crippen molar-refractivity contribution in [3.8, 4) is 0 Å². The second kappa shape index (κ2) is 4.06. The third kappa shape index (κ3) is 2.36.